The van der Waals surface area contributed by atoms with Crippen LogP contribution in [0.3, 0.4) is 0 Å². The lowest BCUT2D eigenvalue weighted by Gasteiger charge is -2.40. The van der Waals surface area contributed by atoms with E-state index in [0.717, 1.165) is 31.7 Å². The molecule has 1 aromatic heterocycles. The summed E-state index contributed by atoms with van der Waals surface area (Å²) in [5.41, 5.74) is 0.705. The smallest absolute Gasteiger partial charge is 0.226 e. The Morgan fingerprint density at radius 3 is 2.74 bits per heavy atom. The lowest BCUT2D eigenvalue weighted by atomic mass is 10.1. The molecule has 1 saturated carbocycles. The van der Waals surface area contributed by atoms with Crippen LogP contribution in [-0.4, -0.2) is 46.5 Å². The quantitative estimate of drug-likeness (QED) is 0.827. The van der Waals surface area contributed by atoms with Crippen LogP contribution in [0.5, 0.6) is 11.6 Å². The molecule has 1 aliphatic carbocycles. The van der Waals surface area contributed by atoms with Gasteiger partial charge in [0.2, 0.25) is 11.8 Å². The van der Waals surface area contributed by atoms with Crippen LogP contribution in [0.2, 0.25) is 0 Å². The lowest BCUT2D eigenvalue weighted by molar-refractivity contribution is -0.134. The molecule has 1 atom stereocenters. The SMILES string of the molecule is Cc1cc(F)ccc1Oc1cc(N2CCN(C(=O)C3CC3)[C@@H](C)C2)ncn1. The van der Waals surface area contributed by atoms with Crippen molar-refractivity contribution in [3.63, 3.8) is 0 Å². The summed E-state index contributed by atoms with van der Waals surface area (Å²) in [5, 5.41) is 0. The molecule has 2 fully saturated rings. The Bertz CT molecular complexity index is 856. The predicted molar refractivity (Wildman–Crippen MR) is 99.4 cm³/mol. The van der Waals surface area contributed by atoms with Crippen molar-refractivity contribution < 1.29 is 13.9 Å². The van der Waals surface area contributed by atoms with Gasteiger partial charge in [0.1, 0.15) is 23.7 Å². The van der Waals surface area contributed by atoms with Crippen LogP contribution in [0.1, 0.15) is 25.3 Å². The minimum Gasteiger partial charge on any atom is -0.439 e. The summed E-state index contributed by atoms with van der Waals surface area (Å²) in [6, 6.07) is 6.31. The van der Waals surface area contributed by atoms with Crippen LogP contribution in [-0.2, 0) is 4.79 Å². The molecule has 0 unspecified atom stereocenters. The fourth-order valence-electron chi connectivity index (χ4n) is 3.46. The third-order valence-electron chi connectivity index (χ3n) is 5.14. The molecule has 27 heavy (non-hydrogen) atoms. The van der Waals surface area contributed by atoms with Gasteiger partial charge >= 0.3 is 0 Å². The number of anilines is 1. The van der Waals surface area contributed by atoms with Crippen LogP contribution < -0.4 is 9.64 Å². The summed E-state index contributed by atoms with van der Waals surface area (Å²) in [6.07, 6.45) is 3.53. The summed E-state index contributed by atoms with van der Waals surface area (Å²) in [5.74, 6) is 1.99. The zero-order valence-electron chi connectivity index (χ0n) is 15.6. The van der Waals surface area contributed by atoms with Gasteiger partial charge in [-0.25, -0.2) is 14.4 Å². The number of ether oxygens (including phenoxy) is 1. The number of halogens is 1. The standard InChI is InChI=1S/C20H23FN4O2/c1-13-9-16(21)5-6-17(13)27-19-10-18(22-12-23-19)24-7-8-25(14(2)11-24)20(26)15-3-4-15/h5-6,9-10,12,14-15H,3-4,7-8,11H2,1-2H3/t14-/m0/s1. The maximum absolute atomic E-state index is 13.3. The van der Waals surface area contributed by atoms with E-state index in [0.29, 0.717) is 29.6 Å². The Morgan fingerprint density at radius 2 is 2.04 bits per heavy atom. The average Bonchev–Trinajstić information content (AvgIpc) is 3.49. The molecule has 1 aliphatic heterocycles. The van der Waals surface area contributed by atoms with Gasteiger partial charge in [0.05, 0.1) is 0 Å². The maximum atomic E-state index is 13.3. The molecular weight excluding hydrogens is 347 g/mol. The van der Waals surface area contributed by atoms with Crippen molar-refractivity contribution in [1.82, 2.24) is 14.9 Å². The molecule has 1 amide bonds. The van der Waals surface area contributed by atoms with Crippen LogP contribution >= 0.6 is 0 Å². The fourth-order valence-corrected chi connectivity index (χ4v) is 3.46. The van der Waals surface area contributed by atoms with Gasteiger partial charge in [-0.15, -0.1) is 0 Å². The van der Waals surface area contributed by atoms with Crippen molar-refractivity contribution in [2.75, 3.05) is 24.5 Å². The fraction of sp³-hybridized carbons (Fsp3) is 0.450. The molecule has 1 aromatic carbocycles. The average molecular weight is 370 g/mol. The molecule has 2 heterocycles. The van der Waals surface area contributed by atoms with E-state index in [1.807, 2.05) is 4.90 Å². The van der Waals surface area contributed by atoms with E-state index in [1.165, 1.54) is 18.5 Å². The number of carbonyl (C=O) groups excluding carboxylic acids is 1. The summed E-state index contributed by atoms with van der Waals surface area (Å²) in [6.45, 7) is 6.03. The minimum atomic E-state index is -0.296. The summed E-state index contributed by atoms with van der Waals surface area (Å²) < 4.78 is 19.1. The Kier molecular flexibility index (Phi) is 4.68. The van der Waals surface area contributed by atoms with Gasteiger partial charge in [-0.3, -0.25) is 4.79 Å². The van der Waals surface area contributed by atoms with E-state index >= 15 is 0 Å². The van der Waals surface area contributed by atoms with Crippen LogP contribution in [0.15, 0.2) is 30.6 Å². The number of aromatic nitrogens is 2. The third-order valence-corrected chi connectivity index (χ3v) is 5.14. The summed E-state index contributed by atoms with van der Waals surface area (Å²) >= 11 is 0. The van der Waals surface area contributed by atoms with Crippen molar-refractivity contribution in [3.8, 4) is 11.6 Å². The van der Waals surface area contributed by atoms with Crippen molar-refractivity contribution >= 4 is 11.7 Å². The first-order valence-corrected chi connectivity index (χ1v) is 9.33. The summed E-state index contributed by atoms with van der Waals surface area (Å²) in [7, 11) is 0. The number of piperazine rings is 1. The molecule has 2 aliphatic rings. The second kappa shape index (κ2) is 7.13. The molecule has 4 rings (SSSR count). The van der Waals surface area contributed by atoms with Crippen molar-refractivity contribution in [3.05, 3.63) is 42.0 Å². The molecule has 2 aromatic rings. The Morgan fingerprint density at radius 1 is 1.22 bits per heavy atom. The predicted octanol–water partition coefficient (Wildman–Crippen LogP) is 3.16. The van der Waals surface area contributed by atoms with Crippen molar-refractivity contribution in [2.24, 2.45) is 5.92 Å². The topological polar surface area (TPSA) is 58.6 Å². The van der Waals surface area contributed by atoms with Crippen molar-refractivity contribution in [2.45, 2.75) is 32.7 Å². The Labute approximate surface area is 158 Å². The first-order chi connectivity index (χ1) is 13.0. The highest BCUT2D eigenvalue weighted by Gasteiger charge is 2.37. The molecular formula is C20H23FN4O2. The van der Waals surface area contributed by atoms with Gasteiger partial charge in [-0.2, -0.15) is 0 Å². The van der Waals surface area contributed by atoms with E-state index in [4.69, 9.17) is 4.74 Å². The second-order valence-electron chi connectivity index (χ2n) is 7.33. The number of benzene rings is 1. The van der Waals surface area contributed by atoms with Crippen LogP contribution in [0.25, 0.3) is 0 Å². The van der Waals surface area contributed by atoms with Gasteiger partial charge in [0, 0.05) is 37.7 Å². The van der Waals surface area contributed by atoms with Crippen LogP contribution in [0.4, 0.5) is 10.2 Å². The number of hydrogen-bond donors (Lipinski definition) is 0. The van der Waals surface area contributed by atoms with Gasteiger partial charge < -0.3 is 14.5 Å². The number of carbonyl (C=O) groups is 1. The van der Waals surface area contributed by atoms with E-state index in [9.17, 15) is 9.18 Å². The number of aryl methyl sites for hydroxylation is 1. The first kappa shape index (κ1) is 17.7. The summed E-state index contributed by atoms with van der Waals surface area (Å²) in [4.78, 5) is 25.0. The van der Waals surface area contributed by atoms with E-state index < -0.39 is 0 Å². The van der Waals surface area contributed by atoms with Crippen molar-refractivity contribution in [1.29, 1.82) is 0 Å². The zero-order chi connectivity index (χ0) is 19.0. The number of amides is 1. The Hall–Kier alpha value is -2.70. The zero-order valence-corrected chi connectivity index (χ0v) is 15.6. The van der Waals surface area contributed by atoms with E-state index in [2.05, 4.69) is 21.8 Å². The molecule has 0 bridgehead atoms. The maximum Gasteiger partial charge on any atom is 0.226 e. The highest BCUT2D eigenvalue weighted by molar-refractivity contribution is 5.81. The molecule has 0 radical (unpaired) electrons. The molecule has 0 spiro atoms. The molecule has 0 N–H and O–H groups in total. The van der Waals surface area contributed by atoms with Gasteiger partial charge in [-0.1, -0.05) is 0 Å². The monoisotopic (exact) mass is 370 g/mol. The number of rotatable bonds is 4. The molecule has 142 valence electrons. The Balaban J connectivity index is 1.45. The largest absolute Gasteiger partial charge is 0.439 e. The second-order valence-corrected chi connectivity index (χ2v) is 7.33. The van der Waals surface area contributed by atoms with Crippen LogP contribution in [0, 0.1) is 18.7 Å². The highest BCUT2D eigenvalue weighted by atomic mass is 19.1. The van der Waals surface area contributed by atoms with E-state index in [1.54, 1.807) is 19.1 Å². The third kappa shape index (κ3) is 3.86. The molecule has 6 nitrogen and oxygen atoms in total. The van der Waals surface area contributed by atoms with Gasteiger partial charge in [0.25, 0.3) is 0 Å². The highest BCUT2D eigenvalue weighted by Crippen LogP contribution is 2.33. The number of hydrogen-bond acceptors (Lipinski definition) is 5. The van der Waals surface area contributed by atoms with E-state index in [-0.39, 0.29) is 17.8 Å². The minimum absolute atomic E-state index is 0.144. The normalized spacial score (nSPS) is 19.9. The molecule has 1 saturated heterocycles. The lowest BCUT2D eigenvalue weighted by Crippen LogP contribution is -2.54. The van der Waals surface area contributed by atoms with Gasteiger partial charge in [-0.05, 0) is 50.5 Å². The van der Waals surface area contributed by atoms with Gasteiger partial charge in [0.15, 0.2) is 0 Å². The first-order valence-electron chi connectivity index (χ1n) is 9.33. The molecule has 7 heteroatoms. The number of nitrogens with zero attached hydrogens (tertiary/aromatic N) is 4.